The van der Waals surface area contributed by atoms with Crippen molar-refractivity contribution in [2.75, 3.05) is 0 Å². The molecule has 0 aliphatic heterocycles. The molecule has 2 rings (SSSR count). The molecule has 0 amide bonds. The van der Waals surface area contributed by atoms with Crippen molar-refractivity contribution in [2.24, 2.45) is 0 Å². The third-order valence-electron chi connectivity index (χ3n) is 3.06. The third-order valence-corrected chi connectivity index (χ3v) is 3.06. The van der Waals surface area contributed by atoms with Gasteiger partial charge in [0.15, 0.2) is 0 Å². The molecule has 0 saturated heterocycles. The van der Waals surface area contributed by atoms with E-state index in [-0.39, 0.29) is 17.9 Å². The van der Waals surface area contributed by atoms with Gasteiger partial charge in [-0.15, -0.1) is 0 Å². The first kappa shape index (κ1) is 12.8. The standard InChI is InChI=1S/C14H18FN3/c1-3-13(14-16-7-8-17-14)18-10(2)11-5-4-6-12(15)9-11/h4-10,13,18H,3H2,1-2H3,(H,16,17). The van der Waals surface area contributed by atoms with Crippen LogP contribution in [-0.2, 0) is 0 Å². The Hall–Kier alpha value is -1.68. The minimum absolute atomic E-state index is 0.0794. The number of halogens is 1. The van der Waals surface area contributed by atoms with Gasteiger partial charge < -0.3 is 10.3 Å². The van der Waals surface area contributed by atoms with Crippen LogP contribution in [0, 0.1) is 5.82 Å². The van der Waals surface area contributed by atoms with E-state index in [1.165, 1.54) is 6.07 Å². The first-order valence-electron chi connectivity index (χ1n) is 6.21. The molecule has 2 aromatic rings. The normalized spacial score (nSPS) is 14.4. The van der Waals surface area contributed by atoms with Gasteiger partial charge in [-0.3, -0.25) is 0 Å². The number of hydrogen-bond acceptors (Lipinski definition) is 2. The third kappa shape index (κ3) is 2.96. The van der Waals surface area contributed by atoms with Crippen molar-refractivity contribution in [1.82, 2.24) is 15.3 Å². The summed E-state index contributed by atoms with van der Waals surface area (Å²) in [6.07, 6.45) is 4.48. The summed E-state index contributed by atoms with van der Waals surface area (Å²) in [7, 11) is 0. The number of nitrogens with zero attached hydrogens (tertiary/aromatic N) is 1. The van der Waals surface area contributed by atoms with E-state index in [4.69, 9.17) is 0 Å². The van der Waals surface area contributed by atoms with E-state index in [1.54, 1.807) is 18.3 Å². The van der Waals surface area contributed by atoms with Gasteiger partial charge in [-0.2, -0.15) is 0 Å². The monoisotopic (exact) mass is 247 g/mol. The van der Waals surface area contributed by atoms with Crippen molar-refractivity contribution in [3.05, 3.63) is 53.9 Å². The first-order chi connectivity index (χ1) is 8.70. The second-order valence-electron chi connectivity index (χ2n) is 4.38. The lowest BCUT2D eigenvalue weighted by atomic mass is 10.1. The number of nitrogens with one attached hydrogen (secondary N) is 2. The fourth-order valence-corrected chi connectivity index (χ4v) is 2.03. The van der Waals surface area contributed by atoms with Gasteiger partial charge in [0.25, 0.3) is 0 Å². The predicted octanol–water partition coefficient (Wildman–Crippen LogP) is 3.35. The van der Waals surface area contributed by atoms with Crippen molar-refractivity contribution in [3.63, 3.8) is 0 Å². The molecule has 1 heterocycles. The average Bonchev–Trinajstić information content (AvgIpc) is 2.89. The number of H-pyrrole nitrogens is 1. The molecule has 96 valence electrons. The molecule has 2 atom stereocenters. The summed E-state index contributed by atoms with van der Waals surface area (Å²) in [6.45, 7) is 4.12. The van der Waals surface area contributed by atoms with Gasteiger partial charge in [-0.1, -0.05) is 19.1 Å². The molecule has 0 saturated carbocycles. The average molecular weight is 247 g/mol. The molecule has 0 radical (unpaired) electrons. The molecule has 18 heavy (non-hydrogen) atoms. The Bertz CT molecular complexity index is 482. The number of hydrogen-bond donors (Lipinski definition) is 2. The molecular formula is C14H18FN3. The minimum Gasteiger partial charge on any atom is -0.347 e. The lowest BCUT2D eigenvalue weighted by Crippen LogP contribution is -2.25. The van der Waals surface area contributed by atoms with Gasteiger partial charge in [0.2, 0.25) is 0 Å². The van der Waals surface area contributed by atoms with Gasteiger partial charge in [0.05, 0.1) is 6.04 Å². The van der Waals surface area contributed by atoms with Crippen molar-refractivity contribution < 1.29 is 4.39 Å². The van der Waals surface area contributed by atoms with Crippen molar-refractivity contribution in [2.45, 2.75) is 32.4 Å². The van der Waals surface area contributed by atoms with Crippen LogP contribution in [0.4, 0.5) is 4.39 Å². The molecule has 4 heteroatoms. The summed E-state index contributed by atoms with van der Waals surface area (Å²) in [6, 6.07) is 6.91. The fourth-order valence-electron chi connectivity index (χ4n) is 2.03. The van der Waals surface area contributed by atoms with Crippen LogP contribution in [0.15, 0.2) is 36.7 Å². The highest BCUT2D eigenvalue weighted by Gasteiger charge is 2.15. The molecular weight excluding hydrogens is 229 g/mol. The van der Waals surface area contributed by atoms with E-state index in [0.717, 1.165) is 17.8 Å². The Balaban J connectivity index is 2.08. The van der Waals surface area contributed by atoms with Crippen LogP contribution in [0.3, 0.4) is 0 Å². The molecule has 2 N–H and O–H groups in total. The maximum atomic E-state index is 13.2. The summed E-state index contributed by atoms with van der Waals surface area (Å²) in [4.78, 5) is 7.37. The van der Waals surface area contributed by atoms with E-state index < -0.39 is 0 Å². The van der Waals surface area contributed by atoms with Crippen molar-refractivity contribution in [1.29, 1.82) is 0 Å². The van der Waals surface area contributed by atoms with Crippen molar-refractivity contribution in [3.8, 4) is 0 Å². The molecule has 0 aliphatic rings. The molecule has 0 fully saturated rings. The number of aromatic amines is 1. The van der Waals surface area contributed by atoms with E-state index in [9.17, 15) is 4.39 Å². The van der Waals surface area contributed by atoms with Crippen LogP contribution < -0.4 is 5.32 Å². The van der Waals surface area contributed by atoms with Crippen LogP contribution in [0.2, 0.25) is 0 Å². The van der Waals surface area contributed by atoms with Gasteiger partial charge in [-0.05, 0) is 31.0 Å². The number of imidazole rings is 1. The van der Waals surface area contributed by atoms with Gasteiger partial charge in [-0.25, -0.2) is 9.37 Å². The highest BCUT2D eigenvalue weighted by atomic mass is 19.1. The first-order valence-corrected chi connectivity index (χ1v) is 6.21. The largest absolute Gasteiger partial charge is 0.347 e. The molecule has 1 aromatic carbocycles. The second kappa shape index (κ2) is 5.78. The fraction of sp³-hybridized carbons (Fsp3) is 0.357. The summed E-state index contributed by atoms with van der Waals surface area (Å²) < 4.78 is 13.2. The molecule has 0 spiro atoms. The molecule has 1 aromatic heterocycles. The summed E-state index contributed by atoms with van der Waals surface area (Å²) in [5.41, 5.74) is 0.944. The van der Waals surface area contributed by atoms with Gasteiger partial charge in [0.1, 0.15) is 11.6 Å². The second-order valence-corrected chi connectivity index (χ2v) is 4.38. The molecule has 0 aliphatic carbocycles. The molecule has 3 nitrogen and oxygen atoms in total. The number of rotatable bonds is 5. The Morgan fingerprint density at radius 3 is 2.89 bits per heavy atom. The maximum Gasteiger partial charge on any atom is 0.123 e. The van der Waals surface area contributed by atoms with Gasteiger partial charge >= 0.3 is 0 Å². The van der Waals surface area contributed by atoms with E-state index >= 15 is 0 Å². The lowest BCUT2D eigenvalue weighted by Gasteiger charge is -2.21. The Morgan fingerprint density at radius 1 is 1.44 bits per heavy atom. The quantitative estimate of drug-likeness (QED) is 0.850. The SMILES string of the molecule is CCC(NC(C)c1cccc(F)c1)c1ncc[nH]1. The highest BCUT2D eigenvalue weighted by molar-refractivity contribution is 5.20. The molecule has 0 bridgehead atoms. The minimum atomic E-state index is -0.202. The lowest BCUT2D eigenvalue weighted by molar-refractivity contribution is 0.440. The van der Waals surface area contributed by atoms with Crippen LogP contribution in [0.1, 0.15) is 43.7 Å². The zero-order valence-electron chi connectivity index (χ0n) is 10.7. The Morgan fingerprint density at radius 2 is 2.28 bits per heavy atom. The summed E-state index contributed by atoms with van der Waals surface area (Å²) in [5.74, 6) is 0.716. The zero-order valence-corrected chi connectivity index (χ0v) is 10.7. The van der Waals surface area contributed by atoms with Crippen LogP contribution in [0.25, 0.3) is 0 Å². The highest BCUT2D eigenvalue weighted by Crippen LogP contribution is 2.20. The summed E-state index contributed by atoms with van der Waals surface area (Å²) >= 11 is 0. The van der Waals surface area contributed by atoms with Crippen LogP contribution in [-0.4, -0.2) is 9.97 Å². The topological polar surface area (TPSA) is 40.7 Å². The number of benzene rings is 1. The van der Waals surface area contributed by atoms with Crippen LogP contribution in [0.5, 0.6) is 0 Å². The van der Waals surface area contributed by atoms with E-state index in [2.05, 4.69) is 22.2 Å². The van der Waals surface area contributed by atoms with Gasteiger partial charge in [0, 0.05) is 18.4 Å². The zero-order chi connectivity index (χ0) is 13.0. The van der Waals surface area contributed by atoms with Crippen LogP contribution >= 0.6 is 0 Å². The Labute approximate surface area is 106 Å². The summed E-state index contributed by atoms with van der Waals surface area (Å²) in [5, 5.41) is 3.45. The number of aromatic nitrogens is 2. The van der Waals surface area contributed by atoms with E-state index in [0.29, 0.717) is 0 Å². The van der Waals surface area contributed by atoms with Crippen molar-refractivity contribution >= 4 is 0 Å². The molecule has 2 unspecified atom stereocenters. The van der Waals surface area contributed by atoms with E-state index in [1.807, 2.05) is 19.2 Å². The maximum absolute atomic E-state index is 13.2. The Kier molecular flexibility index (Phi) is 4.10. The smallest absolute Gasteiger partial charge is 0.123 e. The predicted molar refractivity (Wildman–Crippen MR) is 69.6 cm³/mol.